The average molecular weight is 305 g/mol. The van der Waals surface area contributed by atoms with E-state index in [0.717, 1.165) is 22.4 Å². The molecule has 1 aromatic heterocycles. The van der Waals surface area contributed by atoms with Gasteiger partial charge in [0.25, 0.3) is 0 Å². The van der Waals surface area contributed by atoms with Crippen LogP contribution in [0.25, 0.3) is 0 Å². The summed E-state index contributed by atoms with van der Waals surface area (Å²) in [6.07, 6.45) is 0.877. The minimum Gasteiger partial charge on any atom is -0.368 e. The molecular formula is C11H17BrN2OS. The van der Waals surface area contributed by atoms with Gasteiger partial charge in [-0.15, -0.1) is 0 Å². The maximum absolute atomic E-state index is 5.65. The van der Waals surface area contributed by atoms with Crippen LogP contribution in [-0.2, 0) is 16.8 Å². The molecule has 0 fully saturated rings. The Labute approximate surface area is 110 Å². The first kappa shape index (κ1) is 13.8. The molecule has 16 heavy (non-hydrogen) atoms. The third-order valence-corrected chi connectivity index (χ3v) is 3.78. The van der Waals surface area contributed by atoms with Gasteiger partial charge in [-0.2, -0.15) is 0 Å². The third kappa shape index (κ3) is 2.90. The number of hydrogen-bond donors (Lipinski definition) is 1. The number of aromatic amines is 1. The van der Waals surface area contributed by atoms with Crippen LogP contribution in [-0.4, -0.2) is 16.6 Å². The lowest BCUT2D eigenvalue weighted by atomic mass is 10.1. The molecule has 1 heterocycles. The van der Waals surface area contributed by atoms with Crippen molar-refractivity contribution in [2.24, 2.45) is 0 Å². The zero-order valence-corrected chi connectivity index (χ0v) is 12.5. The molecule has 90 valence electrons. The van der Waals surface area contributed by atoms with Crippen LogP contribution in [0.4, 0.5) is 0 Å². The summed E-state index contributed by atoms with van der Waals surface area (Å²) in [6.45, 7) is 8.65. The quantitative estimate of drug-likeness (QED) is 0.861. The molecule has 0 aliphatic carbocycles. The predicted molar refractivity (Wildman–Crippen MR) is 71.2 cm³/mol. The topological polar surface area (TPSA) is 37.9 Å². The van der Waals surface area contributed by atoms with Gasteiger partial charge >= 0.3 is 0 Å². The molecule has 0 amide bonds. The van der Waals surface area contributed by atoms with Crippen molar-refractivity contribution in [2.45, 2.75) is 39.7 Å². The smallest absolute Gasteiger partial charge is 0.144 e. The minimum absolute atomic E-state index is 0.438. The number of nitrogens with zero attached hydrogens (tertiary/aromatic N) is 1. The van der Waals surface area contributed by atoms with Gasteiger partial charge in [0.05, 0.1) is 4.47 Å². The average Bonchev–Trinajstić information content (AvgIpc) is 2.21. The van der Waals surface area contributed by atoms with Crippen molar-refractivity contribution in [3.05, 3.63) is 20.6 Å². The second-order valence-corrected chi connectivity index (χ2v) is 5.16. The third-order valence-electron chi connectivity index (χ3n) is 2.36. The fraction of sp³-hybridized carbons (Fsp3) is 0.636. The maximum atomic E-state index is 5.65. The minimum atomic E-state index is -0.438. The summed E-state index contributed by atoms with van der Waals surface area (Å²) in [4.78, 5) is 7.64. The van der Waals surface area contributed by atoms with E-state index in [9.17, 15) is 0 Å². The molecule has 0 aliphatic heterocycles. The molecule has 1 N–H and O–H groups in total. The molecule has 0 aromatic carbocycles. The van der Waals surface area contributed by atoms with Gasteiger partial charge in [-0.1, -0.05) is 19.1 Å². The Morgan fingerprint density at radius 2 is 2.06 bits per heavy atom. The number of hydrogen-bond acceptors (Lipinski definition) is 3. The van der Waals surface area contributed by atoms with Crippen molar-refractivity contribution in [1.29, 1.82) is 0 Å². The molecule has 3 nitrogen and oxygen atoms in total. The number of ether oxygens (including phenoxy) is 1. The molecule has 0 saturated carbocycles. The molecule has 0 atom stereocenters. The number of H-pyrrole nitrogens is 1. The predicted octanol–water partition coefficient (Wildman–Crippen LogP) is 3.74. The van der Waals surface area contributed by atoms with E-state index >= 15 is 0 Å². The van der Waals surface area contributed by atoms with Gasteiger partial charge in [0.2, 0.25) is 0 Å². The van der Waals surface area contributed by atoms with Crippen molar-refractivity contribution in [3.63, 3.8) is 0 Å². The largest absolute Gasteiger partial charge is 0.368 e. The fourth-order valence-electron chi connectivity index (χ4n) is 1.46. The van der Waals surface area contributed by atoms with Gasteiger partial charge in [0.1, 0.15) is 16.1 Å². The summed E-state index contributed by atoms with van der Waals surface area (Å²) in [7, 11) is 0. The van der Waals surface area contributed by atoms with Gasteiger partial charge in [0.15, 0.2) is 0 Å². The Kier molecular flexibility index (Phi) is 4.64. The van der Waals surface area contributed by atoms with E-state index in [1.54, 1.807) is 0 Å². The van der Waals surface area contributed by atoms with Crippen molar-refractivity contribution < 1.29 is 4.74 Å². The lowest BCUT2D eigenvalue weighted by Crippen LogP contribution is -2.25. The van der Waals surface area contributed by atoms with Crippen LogP contribution in [0.3, 0.4) is 0 Å². The molecule has 5 heteroatoms. The van der Waals surface area contributed by atoms with Crippen LogP contribution in [0.2, 0.25) is 0 Å². The molecule has 1 rings (SSSR count). The summed E-state index contributed by atoms with van der Waals surface area (Å²) in [5.41, 5.74) is 0.621. The van der Waals surface area contributed by atoms with Crippen molar-refractivity contribution >= 4 is 28.1 Å². The van der Waals surface area contributed by atoms with E-state index in [1.165, 1.54) is 0 Å². The van der Waals surface area contributed by atoms with Crippen molar-refractivity contribution in [3.8, 4) is 0 Å². The number of nitrogens with one attached hydrogen (secondary N) is 1. The fourth-order valence-corrected chi connectivity index (χ4v) is 2.15. The van der Waals surface area contributed by atoms with Gasteiger partial charge in [-0.3, -0.25) is 0 Å². The van der Waals surface area contributed by atoms with E-state index in [2.05, 4.69) is 32.8 Å². The molecule has 0 bridgehead atoms. The second-order valence-electron chi connectivity index (χ2n) is 3.98. The van der Waals surface area contributed by atoms with Crippen LogP contribution in [0.1, 0.15) is 39.2 Å². The molecule has 0 aliphatic rings. The zero-order valence-electron chi connectivity index (χ0n) is 10.1. The lowest BCUT2D eigenvalue weighted by molar-refractivity contribution is -0.0210. The highest BCUT2D eigenvalue weighted by molar-refractivity contribution is 9.10. The Hall–Kier alpha value is -0.260. The first-order valence-corrected chi connectivity index (χ1v) is 6.55. The highest BCUT2D eigenvalue weighted by Gasteiger charge is 2.24. The van der Waals surface area contributed by atoms with Gasteiger partial charge < -0.3 is 9.72 Å². The second kappa shape index (κ2) is 5.38. The SMILES string of the molecule is CCOC(C)(C)c1nc(=S)c(Br)c(CC)[nH]1. The molecule has 0 spiro atoms. The Morgan fingerprint density at radius 1 is 1.44 bits per heavy atom. The van der Waals surface area contributed by atoms with Gasteiger partial charge in [-0.25, -0.2) is 4.98 Å². The van der Waals surface area contributed by atoms with Crippen LogP contribution in [0, 0.1) is 4.64 Å². The van der Waals surface area contributed by atoms with Crippen molar-refractivity contribution in [2.75, 3.05) is 6.61 Å². The monoisotopic (exact) mass is 304 g/mol. The van der Waals surface area contributed by atoms with E-state index in [-0.39, 0.29) is 0 Å². The van der Waals surface area contributed by atoms with E-state index < -0.39 is 5.60 Å². The summed E-state index contributed by atoms with van der Waals surface area (Å²) in [6, 6.07) is 0. The van der Waals surface area contributed by atoms with E-state index in [1.807, 2.05) is 20.8 Å². The highest BCUT2D eigenvalue weighted by Crippen LogP contribution is 2.24. The number of rotatable bonds is 4. The highest BCUT2D eigenvalue weighted by atomic mass is 79.9. The molecular weight excluding hydrogens is 288 g/mol. The zero-order chi connectivity index (χ0) is 12.3. The summed E-state index contributed by atoms with van der Waals surface area (Å²) < 4.78 is 7.11. The Bertz CT molecular complexity index is 428. The van der Waals surface area contributed by atoms with Crippen LogP contribution < -0.4 is 0 Å². The first-order chi connectivity index (χ1) is 7.42. The molecule has 0 unspecified atom stereocenters. The van der Waals surface area contributed by atoms with Gasteiger partial charge in [0, 0.05) is 12.3 Å². The standard InChI is InChI=1S/C11H17BrN2OS/c1-5-7-8(12)9(16)14-10(13-7)11(3,4)15-6-2/h5-6H2,1-4H3,(H,13,14,16). The van der Waals surface area contributed by atoms with Crippen LogP contribution in [0.15, 0.2) is 4.47 Å². The molecule has 0 radical (unpaired) electrons. The molecule has 1 aromatic rings. The van der Waals surface area contributed by atoms with Gasteiger partial charge in [-0.05, 0) is 43.1 Å². The Balaban J connectivity index is 3.26. The maximum Gasteiger partial charge on any atom is 0.144 e. The first-order valence-electron chi connectivity index (χ1n) is 5.35. The van der Waals surface area contributed by atoms with Crippen LogP contribution >= 0.6 is 28.1 Å². The van der Waals surface area contributed by atoms with Crippen LogP contribution in [0.5, 0.6) is 0 Å². The Morgan fingerprint density at radius 3 is 2.56 bits per heavy atom. The number of aryl methyl sites for hydroxylation is 1. The van der Waals surface area contributed by atoms with E-state index in [4.69, 9.17) is 17.0 Å². The summed E-state index contributed by atoms with van der Waals surface area (Å²) in [5.74, 6) is 0.777. The summed E-state index contributed by atoms with van der Waals surface area (Å²) >= 11 is 8.66. The summed E-state index contributed by atoms with van der Waals surface area (Å²) in [5, 5.41) is 0. The lowest BCUT2D eigenvalue weighted by Gasteiger charge is -2.24. The number of aromatic nitrogens is 2. The van der Waals surface area contributed by atoms with Crippen molar-refractivity contribution in [1.82, 2.24) is 9.97 Å². The normalized spacial score (nSPS) is 11.8. The van der Waals surface area contributed by atoms with E-state index in [0.29, 0.717) is 11.2 Å². The number of halogens is 1. The molecule has 0 saturated heterocycles.